The number of hydrogen-bond acceptors (Lipinski definition) is 3. The van der Waals surface area contributed by atoms with Gasteiger partial charge in [0.1, 0.15) is 6.04 Å². The van der Waals surface area contributed by atoms with Gasteiger partial charge < -0.3 is 15.3 Å². The molecule has 1 aromatic carbocycles. The number of anilines is 2. The van der Waals surface area contributed by atoms with Gasteiger partial charge in [0.25, 0.3) is 0 Å². The van der Waals surface area contributed by atoms with Crippen LogP contribution in [0.5, 0.6) is 0 Å². The van der Waals surface area contributed by atoms with Crippen LogP contribution >= 0.6 is 0 Å². The summed E-state index contributed by atoms with van der Waals surface area (Å²) in [5.74, 6) is -1.07. The molecule has 0 fully saturated rings. The Morgan fingerprint density at radius 3 is 2.81 bits per heavy atom. The highest BCUT2D eigenvalue weighted by Gasteiger charge is 2.29. The highest BCUT2D eigenvalue weighted by Crippen LogP contribution is 2.33. The molecule has 0 bridgehead atoms. The van der Waals surface area contributed by atoms with E-state index in [1.807, 2.05) is 0 Å². The van der Waals surface area contributed by atoms with Crippen molar-refractivity contribution in [2.45, 2.75) is 13.0 Å². The van der Waals surface area contributed by atoms with E-state index >= 15 is 0 Å². The summed E-state index contributed by atoms with van der Waals surface area (Å²) < 4.78 is 0. The molecule has 0 saturated heterocycles. The minimum Gasteiger partial charge on any atom is -0.478 e. The van der Waals surface area contributed by atoms with Gasteiger partial charge in [-0.05, 0) is 19.1 Å². The third-order valence-corrected chi connectivity index (χ3v) is 2.70. The molecule has 0 aliphatic carbocycles. The van der Waals surface area contributed by atoms with Gasteiger partial charge >= 0.3 is 5.97 Å². The van der Waals surface area contributed by atoms with E-state index in [-0.39, 0.29) is 11.5 Å². The predicted molar refractivity (Wildman–Crippen MR) is 59.9 cm³/mol. The van der Waals surface area contributed by atoms with Crippen LogP contribution in [0.15, 0.2) is 18.2 Å². The lowest BCUT2D eigenvalue weighted by Crippen LogP contribution is -2.43. The second kappa shape index (κ2) is 3.52. The first kappa shape index (κ1) is 10.5. The van der Waals surface area contributed by atoms with Crippen LogP contribution in [-0.4, -0.2) is 30.1 Å². The topological polar surface area (TPSA) is 69.6 Å². The van der Waals surface area contributed by atoms with Crippen molar-refractivity contribution in [1.29, 1.82) is 0 Å². The van der Waals surface area contributed by atoms with Crippen LogP contribution in [0, 0.1) is 0 Å². The summed E-state index contributed by atoms with van der Waals surface area (Å²) in [4.78, 5) is 24.2. The van der Waals surface area contributed by atoms with E-state index in [0.29, 0.717) is 11.4 Å². The zero-order valence-electron chi connectivity index (χ0n) is 9.02. The van der Waals surface area contributed by atoms with Gasteiger partial charge in [0.05, 0.1) is 16.9 Å². The lowest BCUT2D eigenvalue weighted by molar-refractivity contribution is -0.118. The van der Waals surface area contributed by atoms with Crippen molar-refractivity contribution in [2.24, 2.45) is 0 Å². The summed E-state index contributed by atoms with van der Waals surface area (Å²) in [5.41, 5.74) is 1.29. The number of amides is 1. The summed E-state index contributed by atoms with van der Waals surface area (Å²) in [5, 5.41) is 12.0. The number of para-hydroxylation sites is 1. The van der Waals surface area contributed by atoms with Crippen LogP contribution in [-0.2, 0) is 4.79 Å². The first-order valence-electron chi connectivity index (χ1n) is 4.92. The fourth-order valence-electron chi connectivity index (χ4n) is 1.84. The maximum absolute atomic E-state index is 11.7. The summed E-state index contributed by atoms with van der Waals surface area (Å²) in [7, 11) is 1.64. The number of aromatic carboxylic acids is 1. The first-order valence-corrected chi connectivity index (χ1v) is 4.92. The maximum atomic E-state index is 11.7. The quantitative estimate of drug-likeness (QED) is 0.745. The molecule has 2 N–H and O–H groups in total. The largest absolute Gasteiger partial charge is 0.478 e. The number of fused-ring (bicyclic) bond motifs is 1. The van der Waals surface area contributed by atoms with Gasteiger partial charge in [0.15, 0.2) is 0 Å². The van der Waals surface area contributed by atoms with E-state index in [2.05, 4.69) is 5.32 Å². The van der Waals surface area contributed by atoms with Crippen LogP contribution in [0.25, 0.3) is 0 Å². The zero-order chi connectivity index (χ0) is 11.9. The molecule has 1 unspecified atom stereocenters. The lowest BCUT2D eigenvalue weighted by Gasteiger charge is -2.31. The zero-order valence-corrected chi connectivity index (χ0v) is 9.02. The third-order valence-electron chi connectivity index (χ3n) is 2.70. The molecule has 0 spiro atoms. The molecule has 1 aromatic rings. The molecule has 0 saturated carbocycles. The molecule has 1 atom stereocenters. The number of carbonyl (C=O) groups excluding carboxylic acids is 1. The van der Waals surface area contributed by atoms with E-state index in [1.165, 1.54) is 11.0 Å². The molecule has 16 heavy (non-hydrogen) atoms. The average molecular weight is 220 g/mol. The summed E-state index contributed by atoms with van der Waals surface area (Å²) in [6.45, 7) is 1.71. The Bertz CT molecular complexity index is 470. The smallest absolute Gasteiger partial charge is 0.337 e. The number of rotatable bonds is 1. The number of hydrogen-bond donors (Lipinski definition) is 2. The number of carbonyl (C=O) groups is 2. The van der Waals surface area contributed by atoms with Crippen LogP contribution in [0.2, 0.25) is 0 Å². The molecule has 0 aromatic heterocycles. The second-order valence-electron chi connectivity index (χ2n) is 3.77. The fraction of sp³-hybridized carbons (Fsp3) is 0.273. The van der Waals surface area contributed by atoms with Crippen LogP contribution < -0.4 is 10.2 Å². The number of nitrogens with zero attached hydrogens (tertiary/aromatic N) is 1. The molecule has 1 aliphatic heterocycles. The third kappa shape index (κ3) is 1.41. The van der Waals surface area contributed by atoms with Crippen molar-refractivity contribution >= 4 is 23.3 Å². The Hall–Kier alpha value is -2.04. The Labute approximate surface area is 92.7 Å². The van der Waals surface area contributed by atoms with Gasteiger partial charge in [0.2, 0.25) is 5.91 Å². The fourth-order valence-corrected chi connectivity index (χ4v) is 1.84. The molecule has 0 radical (unpaired) electrons. The van der Waals surface area contributed by atoms with Crippen molar-refractivity contribution in [3.63, 3.8) is 0 Å². The van der Waals surface area contributed by atoms with Gasteiger partial charge in [0, 0.05) is 7.05 Å². The maximum Gasteiger partial charge on any atom is 0.337 e. The average Bonchev–Trinajstić information content (AvgIpc) is 2.25. The van der Waals surface area contributed by atoms with Gasteiger partial charge in [-0.25, -0.2) is 4.79 Å². The first-order chi connectivity index (χ1) is 7.52. The van der Waals surface area contributed by atoms with Crippen molar-refractivity contribution in [2.75, 3.05) is 17.3 Å². The van der Waals surface area contributed by atoms with Crippen molar-refractivity contribution in [3.8, 4) is 0 Å². The van der Waals surface area contributed by atoms with E-state index in [0.717, 1.165) is 0 Å². The minimum absolute atomic E-state index is 0.0740. The van der Waals surface area contributed by atoms with Gasteiger partial charge in [-0.15, -0.1) is 0 Å². The SMILES string of the molecule is CC1Nc2c(C(=O)O)cccc2N(C)C1=O. The number of carboxylic acid groups (broad SMARTS) is 1. The molecule has 84 valence electrons. The van der Waals surface area contributed by atoms with Crippen LogP contribution in [0.4, 0.5) is 11.4 Å². The van der Waals surface area contributed by atoms with E-state index in [9.17, 15) is 9.59 Å². The molecule has 1 aliphatic rings. The van der Waals surface area contributed by atoms with Crippen LogP contribution in [0.1, 0.15) is 17.3 Å². The number of benzene rings is 1. The van der Waals surface area contributed by atoms with Crippen molar-refractivity contribution < 1.29 is 14.7 Å². The Balaban J connectivity index is 2.60. The molecule has 5 nitrogen and oxygen atoms in total. The lowest BCUT2D eigenvalue weighted by atomic mass is 10.1. The molecule has 2 rings (SSSR count). The summed E-state index contributed by atoms with van der Waals surface area (Å²) in [6, 6.07) is 4.46. The highest BCUT2D eigenvalue weighted by atomic mass is 16.4. The molecular formula is C11H12N2O3. The van der Waals surface area contributed by atoms with E-state index < -0.39 is 12.0 Å². The normalized spacial score (nSPS) is 19.0. The number of nitrogens with one attached hydrogen (secondary N) is 1. The Kier molecular flexibility index (Phi) is 2.30. The standard InChI is InChI=1S/C11H12N2O3/c1-6-10(14)13(2)8-5-3-4-7(11(15)16)9(8)12-6/h3-6,12H,1-2H3,(H,15,16). The highest BCUT2D eigenvalue weighted by molar-refractivity contribution is 6.09. The van der Waals surface area contributed by atoms with Gasteiger partial charge in [-0.1, -0.05) is 6.07 Å². The monoisotopic (exact) mass is 220 g/mol. The number of carboxylic acids is 1. The van der Waals surface area contributed by atoms with Crippen molar-refractivity contribution in [3.05, 3.63) is 23.8 Å². The molecule has 1 amide bonds. The van der Waals surface area contributed by atoms with E-state index in [4.69, 9.17) is 5.11 Å². The van der Waals surface area contributed by atoms with Crippen molar-refractivity contribution in [1.82, 2.24) is 0 Å². The second-order valence-corrected chi connectivity index (χ2v) is 3.77. The Morgan fingerprint density at radius 2 is 2.19 bits per heavy atom. The predicted octanol–water partition coefficient (Wildman–Crippen LogP) is 1.16. The molecule has 1 heterocycles. The Morgan fingerprint density at radius 1 is 1.50 bits per heavy atom. The number of likely N-dealkylation sites (N-methyl/N-ethyl adjacent to an activating group) is 1. The van der Waals surface area contributed by atoms with Gasteiger partial charge in [-0.3, -0.25) is 4.79 Å². The summed E-state index contributed by atoms with van der Waals surface area (Å²) in [6.07, 6.45) is 0. The minimum atomic E-state index is -1.00. The summed E-state index contributed by atoms with van der Waals surface area (Å²) >= 11 is 0. The van der Waals surface area contributed by atoms with Crippen LogP contribution in [0.3, 0.4) is 0 Å². The van der Waals surface area contributed by atoms with E-state index in [1.54, 1.807) is 26.1 Å². The molecule has 5 heteroatoms. The molecular weight excluding hydrogens is 208 g/mol. The van der Waals surface area contributed by atoms with Gasteiger partial charge in [-0.2, -0.15) is 0 Å².